The van der Waals surface area contributed by atoms with Crippen LogP contribution in [-0.4, -0.2) is 29.0 Å². The second-order valence-corrected chi connectivity index (χ2v) is 6.97. The molecule has 0 radical (unpaired) electrons. The summed E-state index contributed by atoms with van der Waals surface area (Å²) in [5, 5.41) is 4.24. The van der Waals surface area contributed by atoms with Gasteiger partial charge in [-0.05, 0) is 38.4 Å². The van der Waals surface area contributed by atoms with E-state index in [2.05, 4.69) is 41.1 Å². The zero-order valence-corrected chi connectivity index (χ0v) is 13.6. The zero-order valence-electron chi connectivity index (χ0n) is 12.8. The van der Waals surface area contributed by atoms with Gasteiger partial charge in [0.25, 0.3) is 0 Å². The predicted molar refractivity (Wildman–Crippen MR) is 91.3 cm³/mol. The highest BCUT2D eigenvalue weighted by Crippen LogP contribution is 2.28. The first kappa shape index (κ1) is 14.0. The Morgan fingerprint density at radius 2 is 2.32 bits per heavy atom. The Morgan fingerprint density at radius 3 is 3.09 bits per heavy atom. The fraction of sp³-hybridized carbons (Fsp3) is 0.389. The van der Waals surface area contributed by atoms with Gasteiger partial charge in [-0.15, -0.1) is 11.3 Å². The van der Waals surface area contributed by atoms with E-state index in [4.69, 9.17) is 4.42 Å². The van der Waals surface area contributed by atoms with Crippen LogP contribution in [0.4, 0.5) is 0 Å². The molecule has 114 valence electrons. The van der Waals surface area contributed by atoms with Crippen molar-refractivity contribution in [3.05, 3.63) is 41.6 Å². The molecule has 1 aliphatic rings. The second kappa shape index (κ2) is 5.86. The normalized spacial score (nSPS) is 19.2. The Bertz CT molecular complexity index is 763. The summed E-state index contributed by atoms with van der Waals surface area (Å²) in [6.45, 7) is 4.65. The lowest BCUT2D eigenvalue weighted by molar-refractivity contribution is 0.266. The SMILES string of the molecule is C[C@@H]1CCCN1CCc1cc2ccc(-c3nccs3)cc2o1. The number of benzene rings is 1. The third-order valence-corrected chi connectivity index (χ3v) is 5.41. The third-order valence-electron chi connectivity index (χ3n) is 4.59. The molecule has 0 N–H and O–H groups in total. The summed E-state index contributed by atoms with van der Waals surface area (Å²) in [6.07, 6.45) is 5.50. The van der Waals surface area contributed by atoms with Crippen molar-refractivity contribution in [2.75, 3.05) is 13.1 Å². The molecule has 4 rings (SSSR count). The molecule has 1 fully saturated rings. The highest BCUT2D eigenvalue weighted by atomic mass is 32.1. The van der Waals surface area contributed by atoms with E-state index >= 15 is 0 Å². The molecule has 1 aromatic carbocycles. The first-order chi connectivity index (χ1) is 10.8. The average molecular weight is 312 g/mol. The van der Waals surface area contributed by atoms with Crippen molar-refractivity contribution < 1.29 is 4.42 Å². The summed E-state index contributed by atoms with van der Waals surface area (Å²) < 4.78 is 6.05. The van der Waals surface area contributed by atoms with Crippen molar-refractivity contribution in [1.82, 2.24) is 9.88 Å². The van der Waals surface area contributed by atoms with Crippen molar-refractivity contribution in [1.29, 1.82) is 0 Å². The fourth-order valence-electron chi connectivity index (χ4n) is 3.29. The van der Waals surface area contributed by atoms with E-state index < -0.39 is 0 Å². The number of thiazole rings is 1. The molecule has 1 saturated heterocycles. The minimum Gasteiger partial charge on any atom is -0.461 e. The molecule has 1 aliphatic heterocycles. The number of nitrogens with zero attached hydrogens (tertiary/aromatic N) is 2. The van der Waals surface area contributed by atoms with E-state index in [-0.39, 0.29) is 0 Å². The van der Waals surface area contributed by atoms with Crippen LogP contribution in [0.15, 0.2) is 40.3 Å². The van der Waals surface area contributed by atoms with Gasteiger partial charge in [0.15, 0.2) is 0 Å². The summed E-state index contributed by atoms with van der Waals surface area (Å²) in [7, 11) is 0. The van der Waals surface area contributed by atoms with Gasteiger partial charge in [0.1, 0.15) is 16.4 Å². The minimum absolute atomic E-state index is 0.723. The van der Waals surface area contributed by atoms with Gasteiger partial charge in [-0.25, -0.2) is 4.98 Å². The third kappa shape index (κ3) is 2.69. The summed E-state index contributed by atoms with van der Waals surface area (Å²) in [6, 6.07) is 9.28. The van der Waals surface area contributed by atoms with Crippen LogP contribution in [-0.2, 0) is 6.42 Å². The molecule has 3 nitrogen and oxygen atoms in total. The number of furan rings is 1. The number of aromatic nitrogens is 1. The maximum atomic E-state index is 6.05. The van der Waals surface area contributed by atoms with Crippen LogP contribution < -0.4 is 0 Å². The zero-order chi connectivity index (χ0) is 14.9. The molecule has 0 spiro atoms. The predicted octanol–water partition coefficient (Wildman–Crippen LogP) is 4.58. The van der Waals surface area contributed by atoms with Crippen molar-refractivity contribution >= 4 is 22.3 Å². The van der Waals surface area contributed by atoms with Gasteiger partial charge in [-0.1, -0.05) is 12.1 Å². The molecule has 2 aromatic heterocycles. The van der Waals surface area contributed by atoms with Gasteiger partial charge >= 0.3 is 0 Å². The molecule has 4 heteroatoms. The molecular weight excluding hydrogens is 292 g/mol. The monoisotopic (exact) mass is 312 g/mol. The molecule has 0 aliphatic carbocycles. The molecule has 1 atom stereocenters. The minimum atomic E-state index is 0.723. The molecule has 0 saturated carbocycles. The largest absolute Gasteiger partial charge is 0.461 e. The molecule has 0 bridgehead atoms. The lowest BCUT2D eigenvalue weighted by Gasteiger charge is -2.19. The van der Waals surface area contributed by atoms with Crippen LogP contribution >= 0.6 is 11.3 Å². The summed E-state index contributed by atoms with van der Waals surface area (Å²) >= 11 is 1.66. The van der Waals surface area contributed by atoms with Crippen molar-refractivity contribution in [2.45, 2.75) is 32.2 Å². The molecule has 3 aromatic rings. The van der Waals surface area contributed by atoms with Crippen LogP contribution in [0.25, 0.3) is 21.5 Å². The van der Waals surface area contributed by atoms with Crippen LogP contribution in [0.1, 0.15) is 25.5 Å². The summed E-state index contributed by atoms with van der Waals surface area (Å²) in [4.78, 5) is 6.93. The van der Waals surface area contributed by atoms with Gasteiger partial charge < -0.3 is 9.32 Å². The Balaban J connectivity index is 1.53. The Kier molecular flexibility index (Phi) is 3.72. The van der Waals surface area contributed by atoms with Crippen LogP contribution in [0.2, 0.25) is 0 Å². The highest BCUT2D eigenvalue weighted by Gasteiger charge is 2.20. The maximum Gasteiger partial charge on any atom is 0.134 e. The van der Waals surface area contributed by atoms with E-state index in [0.717, 1.165) is 40.9 Å². The fourth-order valence-corrected chi connectivity index (χ4v) is 3.92. The molecule has 22 heavy (non-hydrogen) atoms. The van der Waals surface area contributed by atoms with Gasteiger partial charge in [-0.2, -0.15) is 0 Å². The maximum absolute atomic E-state index is 6.05. The number of hydrogen-bond donors (Lipinski definition) is 0. The van der Waals surface area contributed by atoms with E-state index in [1.807, 2.05) is 11.6 Å². The van der Waals surface area contributed by atoms with Gasteiger partial charge in [0.05, 0.1) is 0 Å². The van der Waals surface area contributed by atoms with Gasteiger partial charge in [-0.3, -0.25) is 0 Å². The molecule has 0 unspecified atom stereocenters. The first-order valence-corrected chi connectivity index (χ1v) is 8.84. The highest BCUT2D eigenvalue weighted by molar-refractivity contribution is 7.13. The quantitative estimate of drug-likeness (QED) is 0.706. The van der Waals surface area contributed by atoms with Crippen molar-refractivity contribution in [3.8, 4) is 10.6 Å². The summed E-state index contributed by atoms with van der Waals surface area (Å²) in [5.41, 5.74) is 2.11. The number of hydrogen-bond acceptors (Lipinski definition) is 4. The van der Waals surface area contributed by atoms with Crippen LogP contribution in [0.5, 0.6) is 0 Å². The topological polar surface area (TPSA) is 29.3 Å². The van der Waals surface area contributed by atoms with Gasteiger partial charge in [0.2, 0.25) is 0 Å². The lowest BCUT2D eigenvalue weighted by Crippen LogP contribution is -2.28. The van der Waals surface area contributed by atoms with E-state index in [1.165, 1.54) is 24.8 Å². The lowest BCUT2D eigenvalue weighted by atomic mass is 10.1. The van der Waals surface area contributed by atoms with Gasteiger partial charge in [0, 0.05) is 41.5 Å². The number of likely N-dealkylation sites (tertiary alicyclic amines) is 1. The van der Waals surface area contributed by atoms with E-state index in [9.17, 15) is 0 Å². The Hall–Kier alpha value is -1.65. The Morgan fingerprint density at radius 1 is 1.36 bits per heavy atom. The van der Waals surface area contributed by atoms with Crippen LogP contribution in [0, 0.1) is 0 Å². The molecular formula is C18H20N2OS. The second-order valence-electron chi connectivity index (χ2n) is 6.08. The van der Waals surface area contributed by atoms with Crippen molar-refractivity contribution in [2.24, 2.45) is 0 Å². The molecule has 0 amide bonds. The van der Waals surface area contributed by atoms with E-state index in [1.54, 1.807) is 11.3 Å². The number of rotatable bonds is 4. The number of fused-ring (bicyclic) bond motifs is 1. The smallest absolute Gasteiger partial charge is 0.134 e. The van der Waals surface area contributed by atoms with Crippen molar-refractivity contribution in [3.63, 3.8) is 0 Å². The first-order valence-electron chi connectivity index (χ1n) is 7.96. The summed E-state index contributed by atoms with van der Waals surface area (Å²) in [5.74, 6) is 1.09. The average Bonchev–Trinajstić information content (AvgIpc) is 3.25. The van der Waals surface area contributed by atoms with E-state index in [0.29, 0.717) is 0 Å². The van der Waals surface area contributed by atoms with Crippen LogP contribution in [0.3, 0.4) is 0 Å². The molecule has 3 heterocycles. The standard InChI is InChI=1S/C18H20N2OS/c1-13-3-2-8-20(13)9-6-16-11-14-4-5-15(12-17(14)21-16)18-19-7-10-22-18/h4-5,7,10-13H,2-3,6,8-9H2,1H3/t13-/m1/s1. The Labute approximate surface area is 134 Å².